The van der Waals surface area contributed by atoms with Gasteiger partial charge in [0, 0.05) is 27.2 Å². The van der Waals surface area contributed by atoms with Gasteiger partial charge in [0.15, 0.2) is 13.1 Å². The molecule has 38 heavy (non-hydrogen) atoms. The fraction of sp³-hybridized carbons (Fsp3) is 0.826. The molecule has 6 N–H and O–H groups in total. The number of likely N-dealkylation sites (tertiary alicyclic amines) is 1. The third kappa shape index (κ3) is 9.41. The zero-order valence-corrected chi connectivity index (χ0v) is 22.9. The van der Waals surface area contributed by atoms with Gasteiger partial charge in [-0.3, -0.25) is 9.59 Å². The van der Waals surface area contributed by atoms with Crippen LogP contribution in [0.3, 0.4) is 0 Å². The van der Waals surface area contributed by atoms with E-state index in [2.05, 4.69) is 0 Å². The predicted octanol–water partition coefficient (Wildman–Crippen LogP) is -2.23. The minimum atomic E-state index is -1.28. The molecule has 0 aromatic heterocycles. The van der Waals surface area contributed by atoms with E-state index in [0.717, 1.165) is 16.2 Å². The van der Waals surface area contributed by atoms with Crippen LogP contribution in [0, 0.1) is 0 Å². The van der Waals surface area contributed by atoms with Gasteiger partial charge in [0.2, 0.25) is 13.3 Å². The summed E-state index contributed by atoms with van der Waals surface area (Å²) >= 11 is 0. The van der Waals surface area contributed by atoms with Crippen molar-refractivity contribution in [3.8, 4) is 0 Å². The summed E-state index contributed by atoms with van der Waals surface area (Å²) in [6, 6.07) is 0. The van der Waals surface area contributed by atoms with Crippen molar-refractivity contribution in [2.24, 2.45) is 0 Å². The fourth-order valence-corrected chi connectivity index (χ4v) is 4.98. The largest absolute Gasteiger partial charge is 0.518 e. The summed E-state index contributed by atoms with van der Waals surface area (Å²) in [6.07, 6.45) is -2.59. The van der Waals surface area contributed by atoms with Gasteiger partial charge in [-0.25, -0.2) is 4.48 Å². The Morgan fingerprint density at radius 1 is 0.737 bits per heavy atom. The van der Waals surface area contributed by atoms with Gasteiger partial charge in [0.25, 0.3) is 11.8 Å². The van der Waals surface area contributed by atoms with Crippen molar-refractivity contribution in [1.29, 1.82) is 0 Å². The van der Waals surface area contributed by atoms with Gasteiger partial charge in [-0.15, -0.1) is 0 Å². The number of likely N-dealkylation sites (N-methyl/N-ethyl adjacent to an activating group) is 4. The molecule has 1 fully saturated rings. The first-order valence-corrected chi connectivity index (χ1v) is 12.6. The van der Waals surface area contributed by atoms with Crippen molar-refractivity contribution < 1.29 is 63.3 Å². The van der Waals surface area contributed by atoms with Crippen LogP contribution in [0.25, 0.3) is 0 Å². The standard InChI is InChI=1S/C23H44N5O10/c1-24(10-18(31)14-29)20(33)12-26(3,22(35)36)16-28(8-6-5-7-9-28)17-27(4,23(37)38)13-21(34)25(2)11-19(32)15-30/h18-19,29-32H,5-17H2,1-4H3/q+1/p+2. The monoisotopic (exact) mass is 552 g/mol. The van der Waals surface area contributed by atoms with E-state index < -0.39 is 71.5 Å². The molecule has 1 aliphatic heterocycles. The Morgan fingerprint density at radius 3 is 1.37 bits per heavy atom. The van der Waals surface area contributed by atoms with E-state index in [1.807, 2.05) is 0 Å². The van der Waals surface area contributed by atoms with E-state index in [1.165, 1.54) is 28.2 Å². The Labute approximate surface area is 223 Å². The molecule has 1 heterocycles. The quantitative estimate of drug-likeness (QED) is 0.128. The number of hydrogen-bond acceptors (Lipinski definition) is 8. The number of carbonyl (C=O) groups is 4. The first-order valence-electron chi connectivity index (χ1n) is 12.6. The summed E-state index contributed by atoms with van der Waals surface area (Å²) in [7, 11) is 5.55. The molecule has 4 unspecified atom stereocenters. The number of rotatable bonds is 14. The number of amides is 4. The van der Waals surface area contributed by atoms with Crippen molar-refractivity contribution in [3.05, 3.63) is 0 Å². The lowest BCUT2D eigenvalue weighted by Gasteiger charge is -2.46. The summed E-state index contributed by atoms with van der Waals surface area (Å²) in [5.74, 6) is -1.13. The topological polar surface area (TPSA) is 196 Å². The molecule has 15 heteroatoms. The zero-order chi connectivity index (χ0) is 29.3. The molecule has 1 rings (SSSR count). The molecule has 4 amide bonds. The smallest absolute Gasteiger partial charge is 0.435 e. The van der Waals surface area contributed by atoms with Crippen LogP contribution < -0.4 is 0 Å². The normalized spacial score (nSPS) is 19.9. The highest BCUT2D eigenvalue weighted by atomic mass is 16.4. The number of piperidine rings is 1. The molecule has 1 aliphatic rings. The van der Waals surface area contributed by atoms with E-state index >= 15 is 0 Å². The van der Waals surface area contributed by atoms with Crippen LogP contribution in [0.5, 0.6) is 0 Å². The molecule has 0 aliphatic carbocycles. The number of nitrogens with zero attached hydrogens (tertiary/aromatic N) is 5. The molecule has 0 bridgehead atoms. The van der Waals surface area contributed by atoms with Crippen LogP contribution >= 0.6 is 0 Å². The van der Waals surface area contributed by atoms with Crippen molar-refractivity contribution in [3.63, 3.8) is 0 Å². The molecule has 220 valence electrons. The first-order chi connectivity index (χ1) is 17.5. The summed E-state index contributed by atoms with van der Waals surface area (Å²) < 4.78 is -1.43. The van der Waals surface area contributed by atoms with Gasteiger partial charge in [-0.1, -0.05) is 0 Å². The Hall–Kier alpha value is -2.40. The third-order valence-electron chi connectivity index (χ3n) is 7.12. The number of aliphatic hydroxyl groups is 4. The molecular formula is C23H46N5O10+3. The molecule has 0 spiro atoms. The molecule has 15 nitrogen and oxygen atoms in total. The SMILES string of the molecule is CN(CC(O)CO)C(=O)C[N+](C)(C[N+]1(C[N+](C)(CC(=O)N(C)CC(O)CO)C(=O)O)CCCCC1)C(=O)O. The van der Waals surface area contributed by atoms with E-state index in [-0.39, 0.29) is 30.9 Å². The minimum Gasteiger partial charge on any atom is -0.435 e. The van der Waals surface area contributed by atoms with E-state index in [4.69, 9.17) is 10.2 Å². The lowest BCUT2D eigenvalue weighted by atomic mass is 10.1. The fourth-order valence-electron chi connectivity index (χ4n) is 4.98. The summed E-state index contributed by atoms with van der Waals surface area (Å²) in [5.41, 5.74) is 0. The maximum Gasteiger partial charge on any atom is 0.518 e. The van der Waals surface area contributed by atoms with Crippen molar-refractivity contribution >= 4 is 24.0 Å². The Kier molecular flexibility index (Phi) is 12.5. The zero-order valence-electron chi connectivity index (χ0n) is 22.9. The summed E-state index contributed by atoms with van der Waals surface area (Å²) in [6.45, 7) is -1.66. The lowest BCUT2D eigenvalue weighted by molar-refractivity contribution is -1.13. The molecule has 1 saturated heterocycles. The van der Waals surface area contributed by atoms with Crippen molar-refractivity contribution in [2.75, 3.05) is 94.0 Å². The van der Waals surface area contributed by atoms with Gasteiger partial charge < -0.3 is 40.4 Å². The predicted molar refractivity (Wildman–Crippen MR) is 133 cm³/mol. The highest BCUT2D eigenvalue weighted by molar-refractivity contribution is 5.79. The first kappa shape index (κ1) is 33.6. The lowest BCUT2D eigenvalue weighted by Crippen LogP contribution is -2.72. The second-order valence-electron chi connectivity index (χ2n) is 11.0. The maximum atomic E-state index is 12.8. The number of carboxylic acid groups (broad SMARTS) is 2. The van der Waals surface area contributed by atoms with Gasteiger partial charge in [0.05, 0.1) is 52.6 Å². The van der Waals surface area contributed by atoms with E-state index in [1.54, 1.807) is 0 Å². The Balaban J connectivity index is 3.25. The van der Waals surface area contributed by atoms with Crippen LogP contribution in [0.15, 0.2) is 0 Å². The van der Waals surface area contributed by atoms with Crippen LogP contribution in [-0.4, -0.2) is 184 Å². The molecule has 0 aromatic rings. The van der Waals surface area contributed by atoms with Crippen LogP contribution in [0.1, 0.15) is 19.3 Å². The average Bonchev–Trinajstić information content (AvgIpc) is 2.83. The minimum absolute atomic E-state index is 0.0537. The number of quaternary nitrogens is 3. The van der Waals surface area contributed by atoms with Gasteiger partial charge in [0.1, 0.15) is 0 Å². The molecule has 0 aromatic carbocycles. The number of carbonyl (C=O) groups excluding carboxylic acids is 2. The third-order valence-corrected chi connectivity index (χ3v) is 7.12. The molecular weight excluding hydrogens is 506 g/mol. The van der Waals surface area contributed by atoms with E-state index in [0.29, 0.717) is 25.9 Å². The second-order valence-corrected chi connectivity index (χ2v) is 11.0. The molecule has 4 atom stereocenters. The second kappa shape index (κ2) is 14.1. The van der Waals surface area contributed by atoms with Crippen molar-refractivity contribution in [2.45, 2.75) is 31.5 Å². The number of hydrogen-bond donors (Lipinski definition) is 6. The average molecular weight is 553 g/mol. The van der Waals surface area contributed by atoms with Crippen molar-refractivity contribution in [1.82, 2.24) is 9.80 Å². The van der Waals surface area contributed by atoms with Gasteiger partial charge in [-0.2, -0.15) is 18.6 Å². The van der Waals surface area contributed by atoms with Crippen LogP contribution in [-0.2, 0) is 9.59 Å². The summed E-state index contributed by atoms with van der Waals surface area (Å²) in [5, 5.41) is 57.7. The number of aliphatic hydroxyl groups excluding tert-OH is 4. The Morgan fingerprint density at radius 2 is 1.08 bits per heavy atom. The Bertz CT molecular complexity index is 779. The van der Waals surface area contributed by atoms with Gasteiger partial charge >= 0.3 is 12.2 Å². The van der Waals surface area contributed by atoms with Crippen LogP contribution in [0.4, 0.5) is 9.59 Å². The summed E-state index contributed by atoms with van der Waals surface area (Å²) in [4.78, 5) is 52.9. The molecule has 0 saturated carbocycles. The van der Waals surface area contributed by atoms with Crippen LogP contribution in [0.2, 0.25) is 0 Å². The highest BCUT2D eigenvalue weighted by Crippen LogP contribution is 2.26. The van der Waals surface area contributed by atoms with E-state index in [9.17, 15) is 39.6 Å². The molecule has 0 radical (unpaired) electrons. The maximum absolute atomic E-state index is 12.8. The van der Waals surface area contributed by atoms with Gasteiger partial charge in [-0.05, 0) is 19.3 Å². The highest BCUT2D eigenvalue weighted by Gasteiger charge is 2.51.